The van der Waals surface area contributed by atoms with E-state index < -0.39 is 0 Å². The van der Waals surface area contributed by atoms with Crippen LogP contribution in [0.25, 0.3) is 0 Å². The molecule has 2 rings (SSSR count). The van der Waals surface area contributed by atoms with E-state index in [1.165, 1.54) is 0 Å². The molecule has 0 spiro atoms. The molecule has 0 amide bonds. The predicted octanol–water partition coefficient (Wildman–Crippen LogP) is 3.12. The molecule has 1 unspecified atom stereocenters. The minimum Gasteiger partial charge on any atom is -0.484 e. The van der Waals surface area contributed by atoms with Gasteiger partial charge in [0.15, 0.2) is 0 Å². The van der Waals surface area contributed by atoms with Gasteiger partial charge < -0.3 is 15.6 Å². The van der Waals surface area contributed by atoms with Crippen LogP contribution in [-0.4, -0.2) is 18.3 Å². The van der Waals surface area contributed by atoms with E-state index in [1.807, 2.05) is 36.4 Å². The van der Waals surface area contributed by atoms with Gasteiger partial charge in [-0.05, 0) is 52.2 Å². The number of nitrogens with two attached hydrogens (primary N) is 1. The van der Waals surface area contributed by atoms with Gasteiger partial charge in [0.25, 0.3) is 0 Å². The Hall–Kier alpha value is -0.880. The van der Waals surface area contributed by atoms with Gasteiger partial charge in [-0.2, -0.15) is 0 Å². The highest BCUT2D eigenvalue weighted by atomic mass is 79.9. The zero-order valence-corrected chi connectivity index (χ0v) is 12.8. The first-order valence-electron chi connectivity index (χ1n) is 6.04. The minimum absolute atomic E-state index is 0.125. The summed E-state index contributed by atoms with van der Waals surface area (Å²) >= 11 is 5.07. The first kappa shape index (κ1) is 14.5. The van der Waals surface area contributed by atoms with E-state index in [2.05, 4.69) is 15.9 Å². The van der Waals surface area contributed by atoms with Crippen molar-refractivity contribution in [2.45, 2.75) is 12.5 Å². The molecule has 2 aromatic rings. The van der Waals surface area contributed by atoms with E-state index in [0.717, 1.165) is 20.0 Å². The Morgan fingerprint density at radius 3 is 2.47 bits per heavy atom. The van der Waals surface area contributed by atoms with Crippen molar-refractivity contribution in [3.63, 3.8) is 0 Å². The number of hydrogen-bond acceptors (Lipinski definition) is 4. The second kappa shape index (κ2) is 7.05. The third-order valence-electron chi connectivity index (χ3n) is 2.73. The Balaban J connectivity index is 2.05. The van der Waals surface area contributed by atoms with Gasteiger partial charge in [-0.15, -0.1) is 11.3 Å². The summed E-state index contributed by atoms with van der Waals surface area (Å²) in [7, 11) is 0. The Labute approximate surface area is 125 Å². The van der Waals surface area contributed by atoms with Crippen molar-refractivity contribution in [3.8, 4) is 5.75 Å². The van der Waals surface area contributed by atoms with Gasteiger partial charge in [-0.3, -0.25) is 0 Å². The van der Waals surface area contributed by atoms with Crippen LogP contribution in [0.15, 0.2) is 40.2 Å². The summed E-state index contributed by atoms with van der Waals surface area (Å²) < 4.78 is 6.97. The Morgan fingerprint density at radius 2 is 1.95 bits per heavy atom. The lowest BCUT2D eigenvalue weighted by atomic mass is 10.1. The number of ether oxygens (including phenoxy) is 1. The summed E-state index contributed by atoms with van der Waals surface area (Å²) in [6.45, 7) is 0.597. The summed E-state index contributed by atoms with van der Waals surface area (Å²) in [6.07, 6.45) is 0.540. The summed E-state index contributed by atoms with van der Waals surface area (Å²) in [5.74, 6) is 0.793. The molecule has 0 aliphatic carbocycles. The second-order valence-corrected chi connectivity index (χ2v) is 6.60. The monoisotopic (exact) mass is 341 g/mol. The number of benzene rings is 1. The lowest BCUT2D eigenvalue weighted by Crippen LogP contribution is -2.17. The number of rotatable bonds is 6. The molecule has 0 radical (unpaired) electrons. The van der Waals surface area contributed by atoms with Gasteiger partial charge in [-0.25, -0.2) is 0 Å². The van der Waals surface area contributed by atoms with Gasteiger partial charge in [0.2, 0.25) is 0 Å². The molecule has 0 bridgehead atoms. The molecule has 5 heteroatoms. The molecule has 0 aliphatic heterocycles. The van der Waals surface area contributed by atoms with Crippen molar-refractivity contribution < 1.29 is 9.84 Å². The summed E-state index contributed by atoms with van der Waals surface area (Å²) in [4.78, 5) is 1.11. The number of thiophene rings is 1. The van der Waals surface area contributed by atoms with Crippen molar-refractivity contribution in [2.75, 3.05) is 13.2 Å². The largest absolute Gasteiger partial charge is 0.484 e. The van der Waals surface area contributed by atoms with Gasteiger partial charge in [-0.1, -0.05) is 12.1 Å². The van der Waals surface area contributed by atoms with Gasteiger partial charge in [0, 0.05) is 18.0 Å². The SMILES string of the molecule is NCC(Oc1ccc(CCO)cc1)c1ccc(Br)s1. The van der Waals surface area contributed by atoms with Crippen LogP contribution < -0.4 is 10.5 Å². The smallest absolute Gasteiger partial charge is 0.145 e. The average molecular weight is 342 g/mol. The van der Waals surface area contributed by atoms with Crippen LogP contribution in [0.1, 0.15) is 16.5 Å². The van der Waals surface area contributed by atoms with Gasteiger partial charge in [0.05, 0.1) is 3.79 Å². The highest BCUT2D eigenvalue weighted by Gasteiger charge is 2.13. The lowest BCUT2D eigenvalue weighted by Gasteiger charge is -2.16. The fraction of sp³-hybridized carbons (Fsp3) is 0.286. The van der Waals surface area contributed by atoms with Crippen LogP contribution in [0.4, 0.5) is 0 Å². The van der Waals surface area contributed by atoms with Crippen molar-refractivity contribution in [2.24, 2.45) is 5.73 Å². The first-order chi connectivity index (χ1) is 9.22. The van der Waals surface area contributed by atoms with Crippen molar-refractivity contribution in [3.05, 3.63) is 50.6 Å². The van der Waals surface area contributed by atoms with Crippen LogP contribution >= 0.6 is 27.3 Å². The molecule has 1 atom stereocenters. The van der Waals surface area contributed by atoms with E-state index >= 15 is 0 Å². The Morgan fingerprint density at radius 1 is 1.21 bits per heavy atom. The molecule has 1 aromatic heterocycles. The minimum atomic E-state index is -0.125. The van der Waals surface area contributed by atoms with Crippen molar-refractivity contribution >= 4 is 27.3 Å². The zero-order chi connectivity index (χ0) is 13.7. The Bertz CT molecular complexity index is 512. The maximum Gasteiger partial charge on any atom is 0.145 e. The molecule has 1 heterocycles. The van der Waals surface area contributed by atoms with Crippen molar-refractivity contribution in [1.29, 1.82) is 0 Å². The molecule has 0 aliphatic rings. The zero-order valence-electron chi connectivity index (χ0n) is 10.4. The number of halogens is 1. The highest BCUT2D eigenvalue weighted by molar-refractivity contribution is 9.11. The fourth-order valence-corrected chi connectivity index (χ4v) is 3.22. The van der Waals surface area contributed by atoms with Gasteiger partial charge >= 0.3 is 0 Å². The predicted molar refractivity (Wildman–Crippen MR) is 81.7 cm³/mol. The summed E-state index contributed by atoms with van der Waals surface area (Å²) in [5, 5.41) is 8.87. The molecule has 0 saturated carbocycles. The summed E-state index contributed by atoms with van der Waals surface area (Å²) in [5.41, 5.74) is 6.87. The normalized spacial score (nSPS) is 12.4. The molecule has 102 valence electrons. The standard InChI is InChI=1S/C14H16BrNO2S/c15-14-6-5-13(19-14)12(9-16)18-11-3-1-10(2-4-11)7-8-17/h1-6,12,17H,7-9,16H2. The Kier molecular flexibility index (Phi) is 5.39. The molecular formula is C14H16BrNO2S. The van der Waals surface area contributed by atoms with E-state index in [-0.39, 0.29) is 12.7 Å². The highest BCUT2D eigenvalue weighted by Crippen LogP contribution is 2.30. The second-order valence-electron chi connectivity index (χ2n) is 4.10. The maximum absolute atomic E-state index is 8.87. The molecule has 0 fully saturated rings. The topological polar surface area (TPSA) is 55.5 Å². The number of hydrogen-bond donors (Lipinski definition) is 2. The molecule has 3 nitrogen and oxygen atoms in total. The van der Waals surface area contributed by atoms with Crippen LogP contribution in [0.5, 0.6) is 5.75 Å². The molecule has 19 heavy (non-hydrogen) atoms. The number of aliphatic hydroxyl groups is 1. The quantitative estimate of drug-likeness (QED) is 0.848. The molecule has 1 aromatic carbocycles. The van der Waals surface area contributed by atoms with Crippen molar-refractivity contribution in [1.82, 2.24) is 0 Å². The molecule has 3 N–H and O–H groups in total. The van der Waals surface area contributed by atoms with Gasteiger partial charge in [0.1, 0.15) is 11.9 Å². The number of aliphatic hydroxyl groups excluding tert-OH is 1. The van der Waals surface area contributed by atoms with Crippen LogP contribution in [-0.2, 0) is 6.42 Å². The lowest BCUT2D eigenvalue weighted by molar-refractivity contribution is 0.218. The molecular weight excluding hydrogens is 326 g/mol. The first-order valence-corrected chi connectivity index (χ1v) is 7.65. The van der Waals surface area contributed by atoms with Crippen LogP contribution in [0, 0.1) is 0 Å². The third-order valence-corrected chi connectivity index (χ3v) is 4.44. The summed E-state index contributed by atoms with van der Waals surface area (Å²) in [6, 6.07) is 11.8. The van der Waals surface area contributed by atoms with E-state index in [4.69, 9.17) is 15.6 Å². The third kappa shape index (κ3) is 4.04. The van der Waals surface area contributed by atoms with Crippen LogP contribution in [0.2, 0.25) is 0 Å². The molecule has 0 saturated heterocycles. The maximum atomic E-state index is 8.87. The van der Waals surface area contributed by atoms with E-state index in [9.17, 15) is 0 Å². The van der Waals surface area contributed by atoms with E-state index in [1.54, 1.807) is 11.3 Å². The fourth-order valence-electron chi connectivity index (χ4n) is 1.75. The van der Waals surface area contributed by atoms with E-state index in [0.29, 0.717) is 13.0 Å². The average Bonchev–Trinajstić information content (AvgIpc) is 2.85. The van der Waals surface area contributed by atoms with Crippen LogP contribution in [0.3, 0.4) is 0 Å².